The van der Waals surface area contributed by atoms with Gasteiger partial charge in [0.1, 0.15) is 5.82 Å². The smallest absolute Gasteiger partial charge is 0.224 e. The van der Waals surface area contributed by atoms with Gasteiger partial charge in [0.15, 0.2) is 0 Å². The summed E-state index contributed by atoms with van der Waals surface area (Å²) in [6.45, 7) is 6.00. The molecule has 0 radical (unpaired) electrons. The van der Waals surface area contributed by atoms with E-state index in [9.17, 15) is 0 Å². The van der Waals surface area contributed by atoms with Crippen LogP contribution in [0.15, 0.2) is 36.4 Å². The van der Waals surface area contributed by atoms with Gasteiger partial charge in [0.25, 0.3) is 0 Å². The molecule has 174 valence electrons. The van der Waals surface area contributed by atoms with Crippen molar-refractivity contribution in [3.8, 4) is 0 Å². The molecule has 0 saturated carbocycles. The number of anilines is 2. The van der Waals surface area contributed by atoms with Crippen molar-refractivity contribution < 1.29 is 4.74 Å². The number of benzene rings is 2. The summed E-state index contributed by atoms with van der Waals surface area (Å²) >= 11 is 6.61. The van der Waals surface area contributed by atoms with Crippen LogP contribution in [0.2, 0.25) is 5.02 Å². The number of hydrogen-bond donors (Lipinski definition) is 2. The summed E-state index contributed by atoms with van der Waals surface area (Å²) in [6.07, 6.45) is 0.602. The molecule has 5 rings (SSSR count). The molecule has 1 atom stereocenters. The number of likely N-dealkylation sites (N-methyl/N-ethyl adjacent to an activating group) is 1. The predicted octanol–water partition coefficient (Wildman–Crippen LogP) is 3.48. The third kappa shape index (κ3) is 4.77. The molecule has 7 nitrogen and oxygen atoms in total. The Morgan fingerprint density at radius 2 is 1.94 bits per heavy atom. The Balaban J connectivity index is 1.49. The highest BCUT2D eigenvalue weighted by Gasteiger charge is 2.29. The average Bonchev–Trinajstić information content (AvgIpc) is 2.83. The minimum atomic E-state index is -0.0958. The molecule has 33 heavy (non-hydrogen) atoms. The van der Waals surface area contributed by atoms with Gasteiger partial charge in [-0.15, -0.1) is 0 Å². The van der Waals surface area contributed by atoms with Gasteiger partial charge in [0.05, 0.1) is 18.4 Å². The van der Waals surface area contributed by atoms with E-state index in [2.05, 4.69) is 58.8 Å². The third-order valence-corrected chi connectivity index (χ3v) is 6.69. The Bertz CT molecular complexity index is 1130. The predicted molar refractivity (Wildman–Crippen MR) is 134 cm³/mol. The summed E-state index contributed by atoms with van der Waals surface area (Å²) in [5.41, 5.74) is 3.29. The number of fused-ring (bicyclic) bond motifs is 2. The molecule has 3 aromatic rings. The van der Waals surface area contributed by atoms with Crippen molar-refractivity contribution in [2.24, 2.45) is 0 Å². The van der Waals surface area contributed by atoms with Gasteiger partial charge >= 0.3 is 0 Å². The van der Waals surface area contributed by atoms with E-state index in [-0.39, 0.29) is 6.10 Å². The van der Waals surface area contributed by atoms with Crippen molar-refractivity contribution in [1.82, 2.24) is 20.2 Å². The normalized spacial score (nSPS) is 18.5. The van der Waals surface area contributed by atoms with E-state index in [1.165, 1.54) is 0 Å². The first-order valence-electron chi connectivity index (χ1n) is 11.6. The molecule has 2 N–H and O–H groups in total. The van der Waals surface area contributed by atoms with Crippen LogP contribution in [0.1, 0.15) is 22.9 Å². The van der Waals surface area contributed by atoms with Crippen LogP contribution in [0.4, 0.5) is 11.8 Å². The number of rotatable bonds is 6. The Labute approximate surface area is 200 Å². The fourth-order valence-electron chi connectivity index (χ4n) is 4.65. The second-order valence-electron chi connectivity index (χ2n) is 8.95. The molecule has 0 bridgehead atoms. The lowest BCUT2D eigenvalue weighted by atomic mass is 9.94. The Hall–Kier alpha value is -2.45. The first kappa shape index (κ1) is 22.3. The van der Waals surface area contributed by atoms with Crippen molar-refractivity contribution in [3.05, 3.63) is 58.2 Å². The Kier molecular flexibility index (Phi) is 6.64. The number of hydrogen-bond acceptors (Lipinski definition) is 7. The summed E-state index contributed by atoms with van der Waals surface area (Å²) in [5.74, 6) is 1.70. The highest BCUT2D eigenvalue weighted by atomic mass is 35.5. The fraction of sp³-hybridized carbons (Fsp3) is 0.440. The molecule has 1 unspecified atom stereocenters. The van der Waals surface area contributed by atoms with Gasteiger partial charge in [-0.2, -0.15) is 4.98 Å². The average molecular weight is 467 g/mol. The molecule has 8 heteroatoms. The lowest BCUT2D eigenvalue weighted by Gasteiger charge is -2.33. The van der Waals surface area contributed by atoms with Crippen LogP contribution in [0.3, 0.4) is 0 Å². The fourth-order valence-corrected chi connectivity index (χ4v) is 4.94. The van der Waals surface area contributed by atoms with Crippen molar-refractivity contribution in [2.75, 3.05) is 63.6 Å². The lowest BCUT2D eigenvalue weighted by Crippen LogP contribution is -2.44. The van der Waals surface area contributed by atoms with Gasteiger partial charge < -0.3 is 25.2 Å². The molecule has 2 aliphatic heterocycles. The highest BCUT2D eigenvalue weighted by Crippen LogP contribution is 2.38. The molecule has 1 aromatic heterocycles. The largest absolute Gasteiger partial charge is 0.368 e. The zero-order valence-electron chi connectivity index (χ0n) is 19.3. The molecule has 2 aromatic carbocycles. The van der Waals surface area contributed by atoms with Gasteiger partial charge in [0, 0.05) is 61.7 Å². The number of halogens is 1. The molecule has 0 aliphatic carbocycles. The van der Waals surface area contributed by atoms with Gasteiger partial charge in [0.2, 0.25) is 5.95 Å². The minimum absolute atomic E-state index is 0.0958. The second-order valence-corrected chi connectivity index (χ2v) is 9.36. The SMILES string of the molecule is CN(C)CCNc1nc2c(c(N3CCNCC3)n1)COC(c1cccc3cccc(Cl)c13)C2. The standard InChI is InChI=1S/C25H31ClN6O/c1-31(2)12-11-28-25-29-21-15-22(18-7-3-5-17-6-4-8-20(26)23(17)18)33-16-19(21)24(30-25)32-13-9-27-10-14-32/h3-8,22,27H,9-16H2,1-2H3,(H,28,29,30). The van der Waals surface area contributed by atoms with E-state index in [1.807, 2.05) is 12.1 Å². The monoisotopic (exact) mass is 466 g/mol. The maximum Gasteiger partial charge on any atom is 0.224 e. The first-order chi connectivity index (χ1) is 16.1. The van der Waals surface area contributed by atoms with Crippen LogP contribution in [0.25, 0.3) is 10.8 Å². The summed E-state index contributed by atoms with van der Waals surface area (Å²) in [5, 5.41) is 9.81. The molecular formula is C25H31ClN6O. The van der Waals surface area contributed by atoms with Gasteiger partial charge in [-0.25, -0.2) is 4.98 Å². The molecule has 1 saturated heterocycles. The van der Waals surface area contributed by atoms with Gasteiger partial charge in [-0.1, -0.05) is 41.9 Å². The highest BCUT2D eigenvalue weighted by molar-refractivity contribution is 6.35. The van der Waals surface area contributed by atoms with Crippen molar-refractivity contribution >= 4 is 34.1 Å². The zero-order chi connectivity index (χ0) is 22.8. The summed E-state index contributed by atoms with van der Waals surface area (Å²) < 4.78 is 6.43. The van der Waals surface area contributed by atoms with Crippen LogP contribution in [0, 0.1) is 0 Å². The van der Waals surface area contributed by atoms with Crippen LogP contribution < -0.4 is 15.5 Å². The van der Waals surface area contributed by atoms with E-state index >= 15 is 0 Å². The molecule has 2 aliphatic rings. The second kappa shape index (κ2) is 9.81. The first-order valence-corrected chi connectivity index (χ1v) is 12.0. The number of piperazine rings is 1. The van der Waals surface area contributed by atoms with Gasteiger partial charge in [-0.3, -0.25) is 0 Å². The number of nitrogens with zero attached hydrogens (tertiary/aromatic N) is 4. The lowest BCUT2D eigenvalue weighted by molar-refractivity contribution is 0.0270. The molecule has 0 amide bonds. The van der Waals surface area contributed by atoms with E-state index in [4.69, 9.17) is 26.3 Å². The van der Waals surface area contributed by atoms with Crippen LogP contribution in [-0.4, -0.2) is 68.2 Å². The molecule has 0 spiro atoms. The quantitative estimate of drug-likeness (QED) is 0.576. The summed E-state index contributed by atoms with van der Waals surface area (Å²) in [6, 6.07) is 12.3. The number of nitrogens with one attached hydrogen (secondary N) is 2. The van der Waals surface area contributed by atoms with Crippen LogP contribution in [-0.2, 0) is 17.8 Å². The van der Waals surface area contributed by atoms with Crippen LogP contribution >= 0.6 is 11.6 Å². The van der Waals surface area contributed by atoms with Crippen LogP contribution in [0.5, 0.6) is 0 Å². The van der Waals surface area contributed by atoms with E-state index < -0.39 is 0 Å². The number of aromatic nitrogens is 2. The summed E-state index contributed by atoms with van der Waals surface area (Å²) in [7, 11) is 4.14. The van der Waals surface area contributed by atoms with Crippen molar-refractivity contribution in [2.45, 2.75) is 19.1 Å². The Morgan fingerprint density at radius 1 is 1.15 bits per heavy atom. The van der Waals surface area contributed by atoms with E-state index in [0.717, 1.165) is 77.7 Å². The molecule has 1 fully saturated rings. The Morgan fingerprint density at radius 3 is 2.73 bits per heavy atom. The van der Waals surface area contributed by atoms with E-state index in [0.29, 0.717) is 19.0 Å². The number of ether oxygens (including phenoxy) is 1. The van der Waals surface area contributed by atoms with Crippen molar-refractivity contribution in [3.63, 3.8) is 0 Å². The molecule has 3 heterocycles. The van der Waals surface area contributed by atoms with Gasteiger partial charge in [-0.05, 0) is 31.1 Å². The van der Waals surface area contributed by atoms with Crippen molar-refractivity contribution in [1.29, 1.82) is 0 Å². The summed E-state index contributed by atoms with van der Waals surface area (Å²) in [4.78, 5) is 14.4. The minimum Gasteiger partial charge on any atom is -0.368 e. The van der Waals surface area contributed by atoms with E-state index in [1.54, 1.807) is 0 Å². The zero-order valence-corrected chi connectivity index (χ0v) is 20.0. The maximum atomic E-state index is 6.61. The molecular weight excluding hydrogens is 436 g/mol. The maximum absolute atomic E-state index is 6.61. The topological polar surface area (TPSA) is 65.5 Å². The third-order valence-electron chi connectivity index (χ3n) is 6.37.